The molecule has 1 fully saturated rings. The molecule has 1 saturated heterocycles. The number of amides is 1. The average molecular weight is 342 g/mol. The lowest BCUT2D eigenvalue weighted by molar-refractivity contribution is -0.132. The minimum absolute atomic E-state index is 0.291. The van der Waals surface area contributed by atoms with Gasteiger partial charge in [0, 0.05) is 22.0 Å². The van der Waals surface area contributed by atoms with Gasteiger partial charge < -0.3 is 4.90 Å². The summed E-state index contributed by atoms with van der Waals surface area (Å²) < 4.78 is 1.07. The Balaban J connectivity index is 1.87. The summed E-state index contributed by atoms with van der Waals surface area (Å²) in [7, 11) is 0. The second-order valence-corrected chi connectivity index (χ2v) is 6.85. The molecule has 0 unspecified atom stereocenters. The van der Waals surface area contributed by atoms with Gasteiger partial charge in [-0.05, 0) is 49.9 Å². The van der Waals surface area contributed by atoms with E-state index in [1.807, 2.05) is 12.1 Å². The fraction of sp³-hybridized carbons (Fsp3) is 0.533. The van der Waals surface area contributed by atoms with Gasteiger partial charge in [0.25, 0.3) is 0 Å². The molecular formula is C15H20BrNOS. The standard InChI is InChI=1S/C15H20BrNOS/c1-2-13-5-3-4-10-17(13)15(18)11-19-14-8-6-12(16)7-9-14/h6-9,13H,2-5,10-11H2,1H3/t13-/m0/s1. The van der Waals surface area contributed by atoms with Crippen LogP contribution in [0.4, 0.5) is 0 Å². The maximum Gasteiger partial charge on any atom is 0.233 e. The van der Waals surface area contributed by atoms with Gasteiger partial charge in [0.2, 0.25) is 5.91 Å². The number of benzene rings is 1. The van der Waals surface area contributed by atoms with Gasteiger partial charge in [-0.3, -0.25) is 4.79 Å². The fourth-order valence-corrected chi connectivity index (χ4v) is 3.56. The molecule has 0 saturated carbocycles. The second-order valence-electron chi connectivity index (χ2n) is 4.89. The Bertz CT molecular complexity index is 421. The average Bonchev–Trinajstić information content (AvgIpc) is 2.46. The number of hydrogen-bond acceptors (Lipinski definition) is 2. The molecule has 0 bridgehead atoms. The van der Waals surface area contributed by atoms with Gasteiger partial charge in [0.1, 0.15) is 0 Å². The summed E-state index contributed by atoms with van der Waals surface area (Å²) in [6.45, 7) is 3.12. The van der Waals surface area contributed by atoms with Gasteiger partial charge in [-0.2, -0.15) is 0 Å². The molecule has 2 rings (SSSR count). The highest BCUT2D eigenvalue weighted by Crippen LogP contribution is 2.24. The molecule has 1 aliphatic heterocycles. The molecule has 0 aromatic heterocycles. The van der Waals surface area contributed by atoms with Crippen LogP contribution in [0.3, 0.4) is 0 Å². The quantitative estimate of drug-likeness (QED) is 0.759. The molecule has 1 amide bonds. The first-order valence-corrected chi connectivity index (χ1v) is 8.66. The molecule has 4 heteroatoms. The molecule has 1 atom stereocenters. The van der Waals surface area contributed by atoms with Gasteiger partial charge >= 0.3 is 0 Å². The molecule has 0 spiro atoms. The van der Waals surface area contributed by atoms with E-state index in [2.05, 4.69) is 39.9 Å². The topological polar surface area (TPSA) is 20.3 Å². The highest BCUT2D eigenvalue weighted by Gasteiger charge is 2.24. The van der Waals surface area contributed by atoms with Gasteiger partial charge in [-0.25, -0.2) is 0 Å². The van der Waals surface area contributed by atoms with Crippen LogP contribution in [-0.2, 0) is 4.79 Å². The number of hydrogen-bond donors (Lipinski definition) is 0. The lowest BCUT2D eigenvalue weighted by Gasteiger charge is -2.35. The maximum absolute atomic E-state index is 12.3. The Morgan fingerprint density at radius 1 is 1.37 bits per heavy atom. The van der Waals surface area contributed by atoms with Crippen molar-refractivity contribution in [1.82, 2.24) is 4.90 Å². The summed E-state index contributed by atoms with van der Waals surface area (Å²) in [5.41, 5.74) is 0. The van der Waals surface area contributed by atoms with Crippen molar-refractivity contribution in [2.75, 3.05) is 12.3 Å². The van der Waals surface area contributed by atoms with Crippen LogP contribution in [0.1, 0.15) is 32.6 Å². The number of carbonyl (C=O) groups is 1. The first-order valence-electron chi connectivity index (χ1n) is 6.88. The third-order valence-electron chi connectivity index (χ3n) is 3.59. The lowest BCUT2D eigenvalue weighted by atomic mass is 10.0. The van der Waals surface area contributed by atoms with Crippen molar-refractivity contribution < 1.29 is 4.79 Å². The number of carbonyl (C=O) groups excluding carboxylic acids is 1. The van der Waals surface area contributed by atoms with Crippen molar-refractivity contribution in [3.8, 4) is 0 Å². The number of piperidine rings is 1. The summed E-state index contributed by atoms with van der Waals surface area (Å²) in [4.78, 5) is 15.6. The van der Waals surface area contributed by atoms with Crippen LogP contribution in [0.5, 0.6) is 0 Å². The highest BCUT2D eigenvalue weighted by atomic mass is 79.9. The molecule has 104 valence electrons. The molecular weight excluding hydrogens is 322 g/mol. The van der Waals surface area contributed by atoms with E-state index in [9.17, 15) is 4.79 Å². The Morgan fingerprint density at radius 2 is 2.11 bits per heavy atom. The number of thioether (sulfide) groups is 1. The van der Waals surface area contributed by atoms with Crippen molar-refractivity contribution in [2.45, 2.75) is 43.5 Å². The SMILES string of the molecule is CC[C@H]1CCCCN1C(=O)CSc1ccc(Br)cc1. The minimum Gasteiger partial charge on any atom is -0.339 e. The zero-order valence-corrected chi connectivity index (χ0v) is 13.7. The van der Waals surface area contributed by atoms with Gasteiger partial charge in [-0.15, -0.1) is 11.8 Å². The molecule has 1 heterocycles. The van der Waals surface area contributed by atoms with Crippen molar-refractivity contribution >= 4 is 33.6 Å². The van der Waals surface area contributed by atoms with E-state index in [0.717, 1.165) is 28.8 Å². The zero-order chi connectivity index (χ0) is 13.7. The van der Waals surface area contributed by atoms with Crippen LogP contribution in [-0.4, -0.2) is 29.1 Å². The summed E-state index contributed by atoms with van der Waals surface area (Å²) in [6, 6.07) is 8.60. The van der Waals surface area contributed by atoms with Gasteiger partial charge in [-0.1, -0.05) is 22.9 Å². The molecule has 0 radical (unpaired) electrons. The molecule has 1 aliphatic rings. The van der Waals surface area contributed by atoms with E-state index in [-0.39, 0.29) is 0 Å². The van der Waals surface area contributed by atoms with Crippen LogP contribution in [0.25, 0.3) is 0 Å². The van der Waals surface area contributed by atoms with E-state index < -0.39 is 0 Å². The largest absolute Gasteiger partial charge is 0.339 e. The minimum atomic E-state index is 0.291. The van der Waals surface area contributed by atoms with Crippen molar-refractivity contribution in [3.05, 3.63) is 28.7 Å². The summed E-state index contributed by atoms with van der Waals surface area (Å²) >= 11 is 5.05. The number of rotatable bonds is 4. The third kappa shape index (κ3) is 4.25. The second kappa shape index (κ2) is 7.34. The Hall–Kier alpha value is -0.480. The van der Waals surface area contributed by atoms with Crippen LogP contribution < -0.4 is 0 Å². The van der Waals surface area contributed by atoms with E-state index in [1.165, 1.54) is 12.8 Å². The number of halogens is 1. The van der Waals surface area contributed by atoms with E-state index in [0.29, 0.717) is 17.7 Å². The Kier molecular flexibility index (Phi) is 5.76. The van der Waals surface area contributed by atoms with Crippen LogP contribution in [0, 0.1) is 0 Å². The van der Waals surface area contributed by atoms with Crippen molar-refractivity contribution in [3.63, 3.8) is 0 Å². The Labute approximate surface area is 128 Å². The number of nitrogens with zero attached hydrogens (tertiary/aromatic N) is 1. The monoisotopic (exact) mass is 341 g/mol. The smallest absolute Gasteiger partial charge is 0.233 e. The predicted octanol–water partition coefficient (Wildman–Crippen LogP) is 4.33. The first-order chi connectivity index (χ1) is 9.20. The van der Waals surface area contributed by atoms with Gasteiger partial charge in [0.15, 0.2) is 0 Å². The Morgan fingerprint density at radius 3 is 2.79 bits per heavy atom. The fourth-order valence-electron chi connectivity index (χ4n) is 2.51. The molecule has 0 aliphatic carbocycles. The molecule has 2 nitrogen and oxygen atoms in total. The van der Waals surface area contributed by atoms with E-state index >= 15 is 0 Å². The van der Waals surface area contributed by atoms with Crippen molar-refractivity contribution in [2.24, 2.45) is 0 Å². The van der Waals surface area contributed by atoms with E-state index in [1.54, 1.807) is 11.8 Å². The van der Waals surface area contributed by atoms with Gasteiger partial charge in [0.05, 0.1) is 5.75 Å². The van der Waals surface area contributed by atoms with E-state index in [4.69, 9.17) is 0 Å². The third-order valence-corrected chi connectivity index (χ3v) is 5.12. The van der Waals surface area contributed by atoms with Crippen LogP contribution in [0.15, 0.2) is 33.6 Å². The molecule has 0 N–H and O–H groups in total. The summed E-state index contributed by atoms with van der Waals surface area (Å²) in [6.07, 6.45) is 4.67. The number of likely N-dealkylation sites (tertiary alicyclic amines) is 1. The first kappa shape index (κ1) is 14.9. The molecule has 19 heavy (non-hydrogen) atoms. The highest BCUT2D eigenvalue weighted by molar-refractivity contribution is 9.10. The zero-order valence-electron chi connectivity index (χ0n) is 11.3. The van der Waals surface area contributed by atoms with Crippen LogP contribution in [0.2, 0.25) is 0 Å². The summed E-state index contributed by atoms with van der Waals surface area (Å²) in [5.74, 6) is 0.845. The predicted molar refractivity (Wildman–Crippen MR) is 84.5 cm³/mol. The normalized spacial score (nSPS) is 19.5. The summed E-state index contributed by atoms with van der Waals surface area (Å²) in [5, 5.41) is 0. The van der Waals surface area contributed by atoms with Crippen molar-refractivity contribution in [1.29, 1.82) is 0 Å². The lowest BCUT2D eigenvalue weighted by Crippen LogP contribution is -2.44. The molecule has 1 aromatic rings. The molecule has 1 aromatic carbocycles. The van der Waals surface area contributed by atoms with Crippen LogP contribution >= 0.6 is 27.7 Å². The maximum atomic E-state index is 12.3.